The lowest BCUT2D eigenvalue weighted by Gasteiger charge is -2.16. The Labute approximate surface area is 75.1 Å². The molecule has 0 radical (unpaired) electrons. The van der Waals surface area contributed by atoms with Crippen LogP contribution in [-0.2, 0) is 4.79 Å². The molecule has 0 rings (SSSR count). The molecule has 1 N–H and O–H groups in total. The molecule has 0 atom stereocenters. The van der Waals surface area contributed by atoms with Crippen LogP contribution in [0.1, 0.15) is 26.7 Å². The van der Waals surface area contributed by atoms with Crippen molar-refractivity contribution in [2.75, 3.05) is 26.7 Å². The molecule has 0 aliphatic carbocycles. The van der Waals surface area contributed by atoms with Crippen molar-refractivity contribution < 1.29 is 4.79 Å². The first-order valence-corrected chi connectivity index (χ1v) is 4.67. The Morgan fingerprint density at radius 1 is 1.33 bits per heavy atom. The molecule has 0 saturated carbocycles. The minimum absolute atomic E-state index is 0.141. The van der Waals surface area contributed by atoms with Gasteiger partial charge in [0.25, 0.3) is 0 Å². The number of nitrogens with zero attached hydrogens (tertiary/aromatic N) is 1. The summed E-state index contributed by atoms with van der Waals surface area (Å²) in [5.74, 6) is 0.141. The van der Waals surface area contributed by atoms with Gasteiger partial charge in [0.15, 0.2) is 0 Å². The first-order chi connectivity index (χ1) is 5.74. The van der Waals surface area contributed by atoms with Crippen molar-refractivity contribution in [3.8, 4) is 0 Å². The Bertz CT molecular complexity index is 122. The van der Waals surface area contributed by atoms with Crippen molar-refractivity contribution in [2.24, 2.45) is 0 Å². The molecule has 3 nitrogen and oxygen atoms in total. The van der Waals surface area contributed by atoms with E-state index in [1.54, 1.807) is 7.05 Å². The van der Waals surface area contributed by atoms with E-state index >= 15 is 0 Å². The van der Waals surface area contributed by atoms with Gasteiger partial charge < -0.3 is 10.2 Å². The molecule has 0 aromatic carbocycles. The third-order valence-corrected chi connectivity index (χ3v) is 2.05. The van der Waals surface area contributed by atoms with Crippen LogP contribution in [0.2, 0.25) is 0 Å². The fourth-order valence-corrected chi connectivity index (χ4v) is 1.13. The van der Waals surface area contributed by atoms with Crippen molar-refractivity contribution >= 4 is 5.91 Å². The number of rotatable bonds is 6. The Hall–Kier alpha value is -0.570. The van der Waals surface area contributed by atoms with E-state index in [2.05, 4.69) is 24.1 Å². The fourth-order valence-electron chi connectivity index (χ4n) is 1.13. The summed E-state index contributed by atoms with van der Waals surface area (Å²) >= 11 is 0. The molecule has 1 amide bonds. The Kier molecular flexibility index (Phi) is 6.76. The van der Waals surface area contributed by atoms with Crippen LogP contribution in [0, 0.1) is 0 Å². The summed E-state index contributed by atoms with van der Waals surface area (Å²) in [5.41, 5.74) is 0. The highest BCUT2D eigenvalue weighted by Crippen LogP contribution is 1.94. The first kappa shape index (κ1) is 11.4. The standard InChI is InChI=1S/C9H20N2O/c1-4-11(5-2)8-6-7-9(12)10-3/h4-8H2,1-3H3,(H,10,12). The molecule has 0 bridgehead atoms. The van der Waals surface area contributed by atoms with Crippen LogP contribution < -0.4 is 5.32 Å². The van der Waals surface area contributed by atoms with E-state index in [1.165, 1.54) is 0 Å². The summed E-state index contributed by atoms with van der Waals surface area (Å²) in [6, 6.07) is 0. The lowest BCUT2D eigenvalue weighted by molar-refractivity contribution is -0.120. The molecule has 0 aliphatic heterocycles. The van der Waals surface area contributed by atoms with E-state index in [9.17, 15) is 4.79 Å². The summed E-state index contributed by atoms with van der Waals surface area (Å²) in [5, 5.41) is 2.62. The monoisotopic (exact) mass is 172 g/mol. The van der Waals surface area contributed by atoms with E-state index in [4.69, 9.17) is 0 Å². The lowest BCUT2D eigenvalue weighted by Crippen LogP contribution is -2.26. The van der Waals surface area contributed by atoms with E-state index < -0.39 is 0 Å². The number of hydrogen-bond acceptors (Lipinski definition) is 2. The van der Waals surface area contributed by atoms with Crippen LogP contribution in [0.4, 0.5) is 0 Å². The molecule has 0 saturated heterocycles. The molecule has 0 unspecified atom stereocenters. The smallest absolute Gasteiger partial charge is 0.219 e. The van der Waals surface area contributed by atoms with Gasteiger partial charge in [0.05, 0.1) is 0 Å². The maximum Gasteiger partial charge on any atom is 0.219 e. The maximum atomic E-state index is 10.8. The second kappa shape index (κ2) is 7.10. The van der Waals surface area contributed by atoms with E-state index in [0.29, 0.717) is 6.42 Å². The number of amides is 1. The van der Waals surface area contributed by atoms with Crippen LogP contribution in [0.3, 0.4) is 0 Å². The number of carbonyl (C=O) groups is 1. The zero-order valence-corrected chi connectivity index (χ0v) is 8.39. The van der Waals surface area contributed by atoms with Crippen LogP contribution in [0.15, 0.2) is 0 Å². The maximum absolute atomic E-state index is 10.8. The molecule has 3 heteroatoms. The van der Waals surface area contributed by atoms with Gasteiger partial charge in [0, 0.05) is 13.5 Å². The van der Waals surface area contributed by atoms with Gasteiger partial charge >= 0.3 is 0 Å². The van der Waals surface area contributed by atoms with Gasteiger partial charge in [-0.25, -0.2) is 0 Å². The highest BCUT2D eigenvalue weighted by atomic mass is 16.1. The molecular weight excluding hydrogens is 152 g/mol. The minimum Gasteiger partial charge on any atom is -0.359 e. The molecule has 0 spiro atoms. The van der Waals surface area contributed by atoms with E-state index in [0.717, 1.165) is 26.1 Å². The zero-order chi connectivity index (χ0) is 9.40. The second-order valence-electron chi connectivity index (χ2n) is 2.80. The second-order valence-corrected chi connectivity index (χ2v) is 2.80. The average molecular weight is 172 g/mol. The summed E-state index contributed by atoms with van der Waals surface area (Å²) < 4.78 is 0. The predicted octanol–water partition coefficient (Wildman–Crippen LogP) is 0.854. The molecule has 0 fully saturated rings. The first-order valence-electron chi connectivity index (χ1n) is 4.67. The molecule has 0 aromatic rings. The number of nitrogens with one attached hydrogen (secondary N) is 1. The van der Waals surface area contributed by atoms with E-state index in [1.807, 2.05) is 0 Å². The molecule has 72 valence electrons. The Balaban J connectivity index is 3.34. The average Bonchev–Trinajstić information content (AvgIpc) is 2.12. The van der Waals surface area contributed by atoms with Crippen LogP contribution in [0.25, 0.3) is 0 Å². The zero-order valence-electron chi connectivity index (χ0n) is 8.39. The van der Waals surface area contributed by atoms with Crippen molar-refractivity contribution in [2.45, 2.75) is 26.7 Å². The van der Waals surface area contributed by atoms with Crippen LogP contribution in [0.5, 0.6) is 0 Å². The number of hydrogen-bond donors (Lipinski definition) is 1. The molecule has 12 heavy (non-hydrogen) atoms. The summed E-state index contributed by atoms with van der Waals surface area (Å²) in [4.78, 5) is 13.2. The highest BCUT2D eigenvalue weighted by molar-refractivity contribution is 5.75. The van der Waals surface area contributed by atoms with Gasteiger partial charge in [-0.15, -0.1) is 0 Å². The summed E-state index contributed by atoms with van der Waals surface area (Å²) in [6.45, 7) is 7.46. The Morgan fingerprint density at radius 2 is 1.92 bits per heavy atom. The Morgan fingerprint density at radius 3 is 2.33 bits per heavy atom. The van der Waals surface area contributed by atoms with Gasteiger partial charge in [-0.2, -0.15) is 0 Å². The molecule has 0 heterocycles. The van der Waals surface area contributed by atoms with Crippen molar-refractivity contribution in [1.29, 1.82) is 0 Å². The van der Waals surface area contributed by atoms with Gasteiger partial charge in [-0.05, 0) is 26.1 Å². The molecule has 0 aromatic heterocycles. The van der Waals surface area contributed by atoms with Crippen molar-refractivity contribution in [3.63, 3.8) is 0 Å². The van der Waals surface area contributed by atoms with Gasteiger partial charge in [-0.1, -0.05) is 13.8 Å². The van der Waals surface area contributed by atoms with Crippen LogP contribution in [-0.4, -0.2) is 37.5 Å². The van der Waals surface area contributed by atoms with Gasteiger partial charge in [0.2, 0.25) is 5.91 Å². The third-order valence-electron chi connectivity index (χ3n) is 2.05. The number of carbonyl (C=O) groups excluding carboxylic acids is 1. The summed E-state index contributed by atoms with van der Waals surface area (Å²) in [6.07, 6.45) is 1.61. The summed E-state index contributed by atoms with van der Waals surface area (Å²) in [7, 11) is 1.68. The highest BCUT2D eigenvalue weighted by Gasteiger charge is 2.01. The largest absolute Gasteiger partial charge is 0.359 e. The molecular formula is C9H20N2O. The fraction of sp³-hybridized carbons (Fsp3) is 0.889. The van der Waals surface area contributed by atoms with Crippen molar-refractivity contribution in [1.82, 2.24) is 10.2 Å². The SMILES string of the molecule is CCN(CC)CCCC(=O)NC. The minimum atomic E-state index is 0.141. The van der Waals surface area contributed by atoms with Gasteiger partial charge in [0.1, 0.15) is 0 Å². The quantitative estimate of drug-likeness (QED) is 0.644. The third kappa shape index (κ3) is 5.13. The van der Waals surface area contributed by atoms with E-state index in [-0.39, 0.29) is 5.91 Å². The van der Waals surface area contributed by atoms with Crippen molar-refractivity contribution in [3.05, 3.63) is 0 Å². The normalized spacial score (nSPS) is 10.3. The van der Waals surface area contributed by atoms with Gasteiger partial charge in [-0.3, -0.25) is 4.79 Å². The molecule has 0 aliphatic rings. The van der Waals surface area contributed by atoms with Crippen LogP contribution >= 0.6 is 0 Å². The predicted molar refractivity (Wildman–Crippen MR) is 51.1 cm³/mol. The topological polar surface area (TPSA) is 32.3 Å². The lowest BCUT2D eigenvalue weighted by atomic mass is 10.3.